The van der Waals surface area contributed by atoms with Gasteiger partial charge in [-0.3, -0.25) is 9.69 Å². The molecule has 0 saturated carbocycles. The summed E-state index contributed by atoms with van der Waals surface area (Å²) in [5, 5.41) is 9.80. The number of hydrogen-bond acceptors (Lipinski definition) is 6. The van der Waals surface area contributed by atoms with E-state index in [2.05, 4.69) is 9.62 Å². The zero-order valence-electron chi connectivity index (χ0n) is 20.6. The van der Waals surface area contributed by atoms with Gasteiger partial charge in [0.05, 0.1) is 16.1 Å². The Kier molecular flexibility index (Phi) is 8.18. The number of halogens is 2. The standard InChI is InChI=1S/C27H29ClFN3O4S2/c28-25-9-10-26(37-25)38(35,36)30-23-6-3-13-32(27(23)34)24-8-7-18(16-22(24)29)21-5-2-1-4-19(21)17-31-14-11-20(33)12-15-31/h1-2,4-5,7-10,16,20,23,30,33H,3,6,11-15,17H2. The van der Waals surface area contributed by atoms with Crippen molar-refractivity contribution in [2.75, 3.05) is 24.5 Å². The zero-order valence-corrected chi connectivity index (χ0v) is 23.0. The number of rotatable bonds is 7. The molecule has 7 nitrogen and oxygen atoms in total. The van der Waals surface area contributed by atoms with Crippen LogP contribution in [0.25, 0.3) is 11.1 Å². The monoisotopic (exact) mass is 577 g/mol. The number of carbonyl (C=O) groups excluding carboxylic acids is 1. The molecule has 11 heteroatoms. The van der Waals surface area contributed by atoms with Crippen LogP contribution in [0.5, 0.6) is 0 Å². The van der Waals surface area contributed by atoms with Crippen LogP contribution < -0.4 is 9.62 Å². The van der Waals surface area contributed by atoms with Crippen molar-refractivity contribution in [1.29, 1.82) is 0 Å². The van der Waals surface area contributed by atoms with Crippen LogP contribution in [0.3, 0.4) is 0 Å². The minimum Gasteiger partial charge on any atom is -0.393 e. The highest BCUT2D eigenvalue weighted by molar-refractivity contribution is 7.91. The molecule has 3 aromatic rings. The molecule has 1 unspecified atom stereocenters. The fourth-order valence-electron chi connectivity index (χ4n) is 5.06. The Morgan fingerprint density at radius 1 is 1.05 bits per heavy atom. The maximum atomic E-state index is 15.5. The Hall–Kier alpha value is -2.34. The second-order valence-corrected chi connectivity index (χ2v) is 13.4. The minimum atomic E-state index is -3.93. The molecule has 1 aromatic heterocycles. The summed E-state index contributed by atoms with van der Waals surface area (Å²) < 4.78 is 43.8. The Bertz CT molecular complexity index is 1420. The third-order valence-corrected chi connectivity index (χ3v) is 10.3. The highest BCUT2D eigenvalue weighted by Gasteiger charge is 2.34. The average molecular weight is 578 g/mol. The van der Waals surface area contributed by atoms with Gasteiger partial charge in [0.25, 0.3) is 10.0 Å². The fraction of sp³-hybridized carbons (Fsp3) is 0.370. The number of anilines is 1. The Balaban J connectivity index is 1.34. The van der Waals surface area contributed by atoms with Crippen molar-refractivity contribution in [1.82, 2.24) is 9.62 Å². The molecule has 2 aromatic carbocycles. The van der Waals surface area contributed by atoms with Crippen molar-refractivity contribution in [2.24, 2.45) is 0 Å². The van der Waals surface area contributed by atoms with Crippen molar-refractivity contribution in [2.45, 2.75) is 48.6 Å². The predicted octanol–water partition coefficient (Wildman–Crippen LogP) is 4.64. The summed E-state index contributed by atoms with van der Waals surface area (Å²) in [6.07, 6.45) is 2.10. The third-order valence-electron chi connectivity index (χ3n) is 7.07. The second-order valence-electron chi connectivity index (χ2n) is 9.70. The molecule has 0 bridgehead atoms. The maximum Gasteiger partial charge on any atom is 0.250 e. The highest BCUT2D eigenvalue weighted by Crippen LogP contribution is 2.32. The lowest BCUT2D eigenvalue weighted by Gasteiger charge is -2.32. The first kappa shape index (κ1) is 27.2. The number of thiophene rings is 1. The Morgan fingerprint density at radius 2 is 1.82 bits per heavy atom. The second kappa shape index (κ2) is 11.4. The summed E-state index contributed by atoms with van der Waals surface area (Å²) in [6.45, 7) is 2.62. The van der Waals surface area contributed by atoms with Gasteiger partial charge in [0.2, 0.25) is 5.91 Å². The van der Waals surface area contributed by atoms with E-state index in [1.807, 2.05) is 24.3 Å². The van der Waals surface area contributed by atoms with Crippen molar-refractivity contribution in [3.8, 4) is 11.1 Å². The largest absolute Gasteiger partial charge is 0.393 e. The lowest BCUT2D eigenvalue weighted by molar-refractivity contribution is -0.121. The topological polar surface area (TPSA) is 90.0 Å². The van der Waals surface area contributed by atoms with Gasteiger partial charge in [-0.25, -0.2) is 12.8 Å². The summed E-state index contributed by atoms with van der Waals surface area (Å²) in [7, 11) is -3.93. The first-order valence-electron chi connectivity index (χ1n) is 12.6. The maximum absolute atomic E-state index is 15.5. The van der Waals surface area contributed by atoms with Crippen LogP contribution >= 0.6 is 22.9 Å². The molecular weight excluding hydrogens is 549 g/mol. The quantitative estimate of drug-likeness (QED) is 0.427. The number of aliphatic hydroxyl groups is 1. The van der Waals surface area contributed by atoms with Gasteiger partial charge >= 0.3 is 0 Å². The Morgan fingerprint density at radius 3 is 2.53 bits per heavy atom. The van der Waals surface area contributed by atoms with Crippen molar-refractivity contribution in [3.63, 3.8) is 0 Å². The van der Waals surface area contributed by atoms with Crippen molar-refractivity contribution in [3.05, 3.63) is 70.3 Å². The van der Waals surface area contributed by atoms with Gasteiger partial charge in [-0.1, -0.05) is 41.9 Å². The van der Waals surface area contributed by atoms with Gasteiger partial charge in [0.1, 0.15) is 16.1 Å². The SMILES string of the molecule is O=C1C(NS(=O)(=O)c2ccc(Cl)s2)CCCN1c1ccc(-c2ccccc2CN2CCC(O)CC2)cc1F. The number of likely N-dealkylation sites (tertiary alicyclic amines) is 1. The number of sulfonamides is 1. The van der Waals surface area contributed by atoms with Crippen molar-refractivity contribution >= 4 is 44.6 Å². The van der Waals surface area contributed by atoms with E-state index in [0.717, 1.165) is 48.4 Å². The van der Waals surface area contributed by atoms with E-state index in [9.17, 15) is 18.3 Å². The molecule has 202 valence electrons. The number of amides is 1. The number of nitrogens with one attached hydrogen (secondary N) is 1. The summed E-state index contributed by atoms with van der Waals surface area (Å²) in [6, 6.07) is 14.6. The van der Waals surface area contributed by atoms with Crippen LogP contribution in [-0.4, -0.2) is 56.1 Å². The molecule has 2 fully saturated rings. The van der Waals surface area contributed by atoms with E-state index < -0.39 is 27.8 Å². The number of benzene rings is 2. The molecular formula is C27H29ClFN3O4S2. The van der Waals surface area contributed by atoms with E-state index in [0.29, 0.717) is 35.8 Å². The lowest BCUT2D eigenvalue weighted by atomic mass is 9.97. The molecule has 2 aliphatic heterocycles. The van der Waals surface area contributed by atoms with Crippen LogP contribution in [0.15, 0.2) is 58.8 Å². The fourth-order valence-corrected chi connectivity index (χ4v) is 7.79. The number of piperidine rings is 2. The molecule has 5 rings (SSSR count). The van der Waals surface area contributed by atoms with Gasteiger partial charge in [-0.2, -0.15) is 4.72 Å². The molecule has 3 heterocycles. The number of nitrogens with zero attached hydrogens (tertiary/aromatic N) is 2. The zero-order chi connectivity index (χ0) is 26.9. The first-order valence-corrected chi connectivity index (χ1v) is 15.3. The minimum absolute atomic E-state index is 0.0300. The molecule has 0 radical (unpaired) electrons. The van der Waals surface area contributed by atoms with Crippen LogP contribution in [0.2, 0.25) is 4.34 Å². The van der Waals surface area contributed by atoms with Gasteiger partial charge in [0, 0.05) is 26.2 Å². The molecule has 1 amide bonds. The van der Waals surface area contributed by atoms with E-state index >= 15 is 4.39 Å². The summed E-state index contributed by atoms with van der Waals surface area (Å²) in [5.41, 5.74) is 2.81. The Labute approximate surface area is 230 Å². The van der Waals surface area contributed by atoms with E-state index in [4.69, 9.17) is 11.6 Å². The van der Waals surface area contributed by atoms with Crippen LogP contribution in [0.1, 0.15) is 31.2 Å². The molecule has 2 aliphatic rings. The van der Waals surface area contributed by atoms with Crippen molar-refractivity contribution < 1.29 is 22.7 Å². The predicted molar refractivity (Wildman–Crippen MR) is 147 cm³/mol. The van der Waals surface area contributed by atoms with Gasteiger partial charge in [-0.15, -0.1) is 11.3 Å². The molecule has 1 atom stereocenters. The average Bonchev–Trinajstić information content (AvgIpc) is 3.35. The number of carbonyl (C=O) groups is 1. The van der Waals surface area contributed by atoms with E-state index in [1.54, 1.807) is 12.1 Å². The lowest BCUT2D eigenvalue weighted by Crippen LogP contribution is -2.52. The normalized spacial score (nSPS) is 19.7. The summed E-state index contributed by atoms with van der Waals surface area (Å²) in [5.74, 6) is -1.03. The summed E-state index contributed by atoms with van der Waals surface area (Å²) in [4.78, 5) is 16.8. The van der Waals surface area contributed by atoms with Gasteiger partial charge in [0.15, 0.2) is 0 Å². The summed E-state index contributed by atoms with van der Waals surface area (Å²) >= 11 is 6.79. The number of aliphatic hydroxyl groups excluding tert-OH is 1. The van der Waals surface area contributed by atoms with E-state index in [1.165, 1.54) is 23.1 Å². The third kappa shape index (κ3) is 5.95. The van der Waals surface area contributed by atoms with Gasteiger partial charge < -0.3 is 10.0 Å². The molecule has 2 N–H and O–H groups in total. The molecule has 0 spiro atoms. The first-order chi connectivity index (χ1) is 18.2. The molecule has 2 saturated heterocycles. The van der Waals surface area contributed by atoms with Gasteiger partial charge in [-0.05, 0) is 66.6 Å². The number of hydrogen-bond donors (Lipinski definition) is 2. The van der Waals surface area contributed by atoms with Crippen LogP contribution in [0, 0.1) is 5.82 Å². The van der Waals surface area contributed by atoms with Crippen LogP contribution in [0.4, 0.5) is 10.1 Å². The smallest absolute Gasteiger partial charge is 0.250 e. The molecule has 38 heavy (non-hydrogen) atoms. The molecule has 0 aliphatic carbocycles. The van der Waals surface area contributed by atoms with Crippen LogP contribution in [-0.2, 0) is 21.4 Å². The highest BCUT2D eigenvalue weighted by atomic mass is 35.5. The van der Waals surface area contributed by atoms with E-state index in [-0.39, 0.29) is 16.0 Å².